The van der Waals surface area contributed by atoms with E-state index in [1.54, 1.807) is 30.5 Å². The summed E-state index contributed by atoms with van der Waals surface area (Å²) in [6, 6.07) is 10.9. The number of ether oxygens (including phenoxy) is 2. The SMILES string of the molecule is COc1cc(OC)cc(-c2cn(-c3cc(N4CCCC4)ccc3C(F)(F)F)c(=O)c3[nH]ccc23)c1. The van der Waals surface area contributed by atoms with Crippen LogP contribution in [0.4, 0.5) is 18.9 Å². The summed E-state index contributed by atoms with van der Waals surface area (Å²) < 4.78 is 54.1. The smallest absolute Gasteiger partial charge is 0.418 e. The van der Waals surface area contributed by atoms with Crippen molar-refractivity contribution in [1.82, 2.24) is 9.55 Å². The predicted molar refractivity (Wildman–Crippen MR) is 129 cm³/mol. The molecule has 0 radical (unpaired) electrons. The van der Waals surface area contributed by atoms with Crippen molar-refractivity contribution in [2.45, 2.75) is 19.0 Å². The summed E-state index contributed by atoms with van der Waals surface area (Å²) in [5.41, 5.74) is 0.439. The maximum Gasteiger partial charge on any atom is 0.418 e. The van der Waals surface area contributed by atoms with E-state index in [-0.39, 0.29) is 11.2 Å². The zero-order valence-corrected chi connectivity index (χ0v) is 19.3. The Morgan fingerprint density at radius 1 is 0.943 bits per heavy atom. The van der Waals surface area contributed by atoms with Crippen molar-refractivity contribution < 1.29 is 22.6 Å². The highest BCUT2D eigenvalue weighted by Gasteiger charge is 2.35. The minimum Gasteiger partial charge on any atom is -0.497 e. The number of rotatable bonds is 5. The van der Waals surface area contributed by atoms with Crippen molar-refractivity contribution in [3.63, 3.8) is 0 Å². The maximum atomic E-state index is 14.1. The van der Waals surface area contributed by atoms with Crippen LogP contribution >= 0.6 is 0 Å². The lowest BCUT2D eigenvalue weighted by Gasteiger charge is -2.22. The summed E-state index contributed by atoms with van der Waals surface area (Å²) in [6.45, 7) is 1.54. The number of alkyl halides is 3. The molecule has 3 heterocycles. The largest absolute Gasteiger partial charge is 0.497 e. The first-order valence-electron chi connectivity index (χ1n) is 11.2. The molecule has 182 valence electrons. The van der Waals surface area contributed by atoms with Crippen molar-refractivity contribution >= 4 is 16.6 Å². The number of nitrogens with zero attached hydrogens (tertiary/aromatic N) is 2. The Kier molecular flexibility index (Phi) is 5.70. The fraction of sp³-hybridized carbons (Fsp3) is 0.269. The van der Waals surface area contributed by atoms with Crippen LogP contribution in [0.3, 0.4) is 0 Å². The Labute approximate surface area is 199 Å². The molecule has 0 bridgehead atoms. The quantitative estimate of drug-likeness (QED) is 0.400. The van der Waals surface area contributed by atoms with Crippen LogP contribution in [0.15, 0.2) is 59.7 Å². The molecule has 9 heteroatoms. The number of halogens is 3. The summed E-state index contributed by atoms with van der Waals surface area (Å²) in [7, 11) is 3.04. The standard InChI is InChI=1S/C26H24F3N3O3/c1-34-18-11-16(12-19(14-18)35-2)21-15-32(25(33)24-20(21)7-8-30-24)23-13-17(31-9-3-4-10-31)5-6-22(23)26(27,28)29/h5-8,11-15,30H,3-4,9-10H2,1-2H3. The molecule has 0 saturated carbocycles. The molecule has 1 aliphatic rings. The van der Waals surface area contributed by atoms with Gasteiger partial charge in [0.1, 0.15) is 17.0 Å². The van der Waals surface area contributed by atoms with Crippen molar-refractivity contribution in [3.05, 3.63) is 70.8 Å². The third-order valence-electron chi connectivity index (χ3n) is 6.41. The third-order valence-corrected chi connectivity index (χ3v) is 6.41. The van der Waals surface area contributed by atoms with Gasteiger partial charge in [0, 0.05) is 48.2 Å². The number of nitrogens with one attached hydrogen (secondary N) is 1. The van der Waals surface area contributed by atoms with Crippen molar-refractivity contribution in [1.29, 1.82) is 0 Å². The number of H-pyrrole nitrogens is 1. The number of hydrogen-bond acceptors (Lipinski definition) is 4. The van der Waals surface area contributed by atoms with Gasteiger partial charge in [0.25, 0.3) is 5.56 Å². The molecule has 2 aromatic heterocycles. The lowest BCUT2D eigenvalue weighted by Crippen LogP contribution is -2.24. The number of pyridine rings is 1. The fourth-order valence-corrected chi connectivity index (χ4v) is 4.65. The van der Waals surface area contributed by atoms with Crippen molar-refractivity contribution in [2.24, 2.45) is 0 Å². The Balaban J connectivity index is 1.79. The molecule has 0 unspecified atom stereocenters. The van der Waals surface area contributed by atoms with Crippen LogP contribution < -0.4 is 19.9 Å². The third kappa shape index (κ3) is 4.11. The topological polar surface area (TPSA) is 59.5 Å². The van der Waals surface area contributed by atoms with Gasteiger partial charge in [-0.25, -0.2) is 0 Å². The summed E-state index contributed by atoms with van der Waals surface area (Å²) in [6.07, 6.45) is 0.384. The molecule has 5 rings (SSSR count). The van der Waals surface area contributed by atoms with Gasteiger partial charge in [-0.3, -0.25) is 9.36 Å². The van der Waals surface area contributed by atoms with Crippen LogP contribution in [0.2, 0.25) is 0 Å². The van der Waals surface area contributed by atoms with Gasteiger partial charge < -0.3 is 19.4 Å². The molecule has 0 aliphatic carbocycles. The molecule has 0 atom stereocenters. The number of benzene rings is 2. The van der Waals surface area contributed by atoms with Gasteiger partial charge in [0.05, 0.1) is 25.5 Å². The van der Waals surface area contributed by atoms with Crippen LogP contribution in [0.25, 0.3) is 27.7 Å². The van der Waals surface area contributed by atoms with E-state index in [4.69, 9.17) is 9.47 Å². The monoisotopic (exact) mass is 483 g/mol. The van der Waals surface area contributed by atoms with Crippen LogP contribution in [0, 0.1) is 0 Å². The zero-order valence-electron chi connectivity index (χ0n) is 19.3. The van der Waals surface area contributed by atoms with E-state index in [9.17, 15) is 18.0 Å². The van der Waals surface area contributed by atoms with Crippen LogP contribution in [0.5, 0.6) is 11.5 Å². The normalized spacial score (nSPS) is 14.0. The number of hydrogen-bond donors (Lipinski definition) is 1. The van der Waals surface area contributed by atoms with E-state index in [1.807, 2.05) is 4.90 Å². The Bertz CT molecular complexity index is 1430. The Morgan fingerprint density at radius 3 is 2.26 bits per heavy atom. The van der Waals surface area contributed by atoms with Crippen molar-refractivity contribution in [3.8, 4) is 28.3 Å². The Morgan fingerprint density at radius 2 is 1.63 bits per heavy atom. The minimum atomic E-state index is -4.64. The molecule has 1 aliphatic heterocycles. The summed E-state index contributed by atoms with van der Waals surface area (Å²) in [5, 5.41) is 0.589. The molecule has 1 fully saturated rings. The van der Waals surface area contributed by atoms with E-state index < -0.39 is 17.3 Å². The second kappa shape index (κ2) is 8.72. The first-order valence-corrected chi connectivity index (χ1v) is 11.2. The van der Waals surface area contributed by atoms with Gasteiger partial charge >= 0.3 is 6.18 Å². The molecule has 1 N–H and O–H groups in total. The summed E-state index contributed by atoms with van der Waals surface area (Å²) in [4.78, 5) is 18.4. The number of fused-ring (bicyclic) bond motifs is 1. The Hall–Kier alpha value is -3.88. The van der Waals surface area contributed by atoms with Gasteiger partial charge in [-0.2, -0.15) is 13.2 Å². The van der Waals surface area contributed by atoms with E-state index in [0.29, 0.717) is 33.7 Å². The van der Waals surface area contributed by atoms with Crippen LogP contribution in [0.1, 0.15) is 18.4 Å². The van der Waals surface area contributed by atoms with Gasteiger partial charge in [-0.15, -0.1) is 0 Å². The van der Waals surface area contributed by atoms with E-state index in [1.165, 1.54) is 32.5 Å². The number of methoxy groups -OCH3 is 2. The maximum absolute atomic E-state index is 14.1. The number of anilines is 1. The minimum absolute atomic E-state index is 0.209. The highest BCUT2D eigenvalue weighted by Crippen LogP contribution is 2.38. The number of aromatic amines is 1. The second-order valence-corrected chi connectivity index (χ2v) is 8.48. The van der Waals surface area contributed by atoms with Gasteiger partial charge in [-0.1, -0.05) is 0 Å². The van der Waals surface area contributed by atoms with E-state index in [0.717, 1.165) is 36.6 Å². The van der Waals surface area contributed by atoms with E-state index in [2.05, 4.69) is 4.98 Å². The van der Waals surface area contributed by atoms with Crippen LogP contribution in [-0.4, -0.2) is 36.9 Å². The number of aromatic nitrogens is 2. The lowest BCUT2D eigenvalue weighted by molar-refractivity contribution is -0.137. The average Bonchev–Trinajstić information content (AvgIpc) is 3.56. The second-order valence-electron chi connectivity index (χ2n) is 8.48. The molecular formula is C26H24F3N3O3. The molecule has 35 heavy (non-hydrogen) atoms. The van der Waals surface area contributed by atoms with Gasteiger partial charge in [0.15, 0.2) is 0 Å². The first kappa shape index (κ1) is 22.9. The molecule has 2 aromatic carbocycles. The molecule has 4 aromatic rings. The zero-order chi connectivity index (χ0) is 24.7. The molecule has 0 spiro atoms. The molecule has 1 saturated heterocycles. The summed E-state index contributed by atoms with van der Waals surface area (Å²) in [5.74, 6) is 1.04. The average molecular weight is 483 g/mol. The fourth-order valence-electron chi connectivity index (χ4n) is 4.65. The molecular weight excluding hydrogens is 459 g/mol. The predicted octanol–water partition coefficient (Wildman–Crippen LogP) is 5.62. The lowest BCUT2D eigenvalue weighted by atomic mass is 10.0. The first-order chi connectivity index (χ1) is 16.8. The van der Waals surface area contributed by atoms with Gasteiger partial charge in [0.2, 0.25) is 0 Å². The molecule has 6 nitrogen and oxygen atoms in total. The summed E-state index contributed by atoms with van der Waals surface area (Å²) >= 11 is 0. The van der Waals surface area contributed by atoms with Crippen molar-refractivity contribution in [2.75, 3.05) is 32.2 Å². The van der Waals surface area contributed by atoms with Gasteiger partial charge in [-0.05, 0) is 54.8 Å². The van der Waals surface area contributed by atoms with E-state index >= 15 is 0 Å². The van der Waals surface area contributed by atoms with Crippen LogP contribution in [-0.2, 0) is 6.18 Å². The molecule has 0 amide bonds. The highest BCUT2D eigenvalue weighted by molar-refractivity contribution is 5.95. The highest BCUT2D eigenvalue weighted by atomic mass is 19.4.